The molecule has 0 aliphatic carbocycles. The van der Waals surface area contributed by atoms with Crippen LogP contribution in [0.1, 0.15) is 67.7 Å². The second-order valence-electron chi connectivity index (χ2n) is 16.6. The molecule has 0 saturated carbocycles. The number of carbonyl (C=O) groups excluding carboxylic acids is 5. The molecule has 3 saturated heterocycles. The Morgan fingerprint density at radius 2 is 1.67 bits per heavy atom. The minimum Gasteiger partial charge on any atom is -0.457 e. The number of cyclic esters (lactones) is 1. The zero-order valence-electron chi connectivity index (χ0n) is 34.6. The van der Waals surface area contributed by atoms with Gasteiger partial charge >= 0.3 is 18.2 Å². The van der Waals surface area contributed by atoms with Gasteiger partial charge in [0.05, 0.1) is 23.9 Å². The molecule has 15 nitrogen and oxygen atoms in total. The highest BCUT2D eigenvalue weighted by Gasteiger charge is 2.57. The number of likely N-dealkylation sites (N-methyl/N-ethyl adjacent to an activating group) is 1. The van der Waals surface area contributed by atoms with Crippen molar-refractivity contribution in [3.63, 3.8) is 0 Å². The lowest BCUT2D eigenvalue weighted by Gasteiger charge is -2.47. The zero-order valence-corrected chi connectivity index (χ0v) is 34.6. The number of nitrogens with zero attached hydrogens (tertiary/aromatic N) is 1. The molecule has 15 heteroatoms. The third-order valence-electron chi connectivity index (χ3n) is 12.2. The summed E-state index contributed by atoms with van der Waals surface area (Å²) < 4.78 is 36.3. The Labute approximate surface area is 334 Å². The van der Waals surface area contributed by atoms with Crippen molar-refractivity contribution >= 4 is 40.5 Å². The van der Waals surface area contributed by atoms with E-state index in [4.69, 9.17) is 28.4 Å². The van der Waals surface area contributed by atoms with Crippen LogP contribution < -0.4 is 15.4 Å². The molecule has 0 bridgehead atoms. The average Bonchev–Trinajstić information content (AvgIpc) is 3.49. The number of Topliss-reactive ketones (excluding diaryl/α,β-unsaturated/α-hetero) is 2. The number of ether oxygens (including phenoxy) is 6. The molecule has 3 N–H and O–H groups in total. The Kier molecular flexibility index (Phi) is 13.7. The van der Waals surface area contributed by atoms with Crippen molar-refractivity contribution in [2.24, 2.45) is 23.7 Å². The number of benzene rings is 2. The maximum Gasteiger partial charge on any atom is 0.412 e. The molecular formula is C42H59N3O12. The van der Waals surface area contributed by atoms with Crippen molar-refractivity contribution in [1.82, 2.24) is 15.5 Å². The van der Waals surface area contributed by atoms with E-state index >= 15 is 0 Å². The number of ketones is 2. The van der Waals surface area contributed by atoms with Crippen molar-refractivity contribution in [3.8, 4) is 5.75 Å². The molecule has 3 aliphatic heterocycles. The van der Waals surface area contributed by atoms with Crippen LogP contribution in [0, 0.1) is 23.7 Å². The summed E-state index contributed by atoms with van der Waals surface area (Å²) in [5.41, 5.74) is -2.89. The van der Waals surface area contributed by atoms with Crippen molar-refractivity contribution < 1.29 is 57.5 Å². The van der Waals surface area contributed by atoms with E-state index in [1.54, 1.807) is 46.8 Å². The SMILES string of the molecule is CO[C@]1(C)C[C@@H](C)C(=O)[C@H](C)C2NC(=O)O[C@]2(C)[C@@H](CCNC(=O)Oc2cccc3ccccc23)OC(=O)[C@H](C)C(=O)[C@H](C)[C@H]1O[C@@H]1O[C@H](C)C[C@H](N(C)C)[C@H]1O. The molecule has 5 rings (SSSR count). The summed E-state index contributed by atoms with van der Waals surface area (Å²) in [6, 6.07) is 11.5. The van der Waals surface area contributed by atoms with Crippen LogP contribution in [0.5, 0.6) is 5.75 Å². The quantitative estimate of drug-likeness (QED) is 0.252. The van der Waals surface area contributed by atoms with Gasteiger partial charge < -0.3 is 49.1 Å². The lowest BCUT2D eigenvalue weighted by Crippen LogP contribution is -2.60. The van der Waals surface area contributed by atoms with Gasteiger partial charge in [-0.15, -0.1) is 0 Å². The predicted molar refractivity (Wildman–Crippen MR) is 208 cm³/mol. The second-order valence-corrected chi connectivity index (χ2v) is 16.6. The third-order valence-corrected chi connectivity index (χ3v) is 12.2. The molecule has 3 aliphatic rings. The summed E-state index contributed by atoms with van der Waals surface area (Å²) in [4.78, 5) is 70.6. The summed E-state index contributed by atoms with van der Waals surface area (Å²) in [6.45, 7) is 11.5. The summed E-state index contributed by atoms with van der Waals surface area (Å²) >= 11 is 0. The number of aliphatic hydroxyl groups is 1. The number of hydrogen-bond acceptors (Lipinski definition) is 13. The lowest BCUT2D eigenvalue weighted by molar-refractivity contribution is -0.295. The molecule has 0 radical (unpaired) electrons. The fourth-order valence-electron chi connectivity index (χ4n) is 8.77. The fourth-order valence-corrected chi connectivity index (χ4v) is 8.77. The number of alkyl carbamates (subject to hydrolysis) is 1. The van der Waals surface area contributed by atoms with Gasteiger partial charge in [0, 0.05) is 49.3 Å². The molecule has 2 aromatic rings. The third kappa shape index (κ3) is 9.28. The van der Waals surface area contributed by atoms with Gasteiger partial charge in [-0.3, -0.25) is 14.4 Å². The minimum atomic E-state index is -1.59. The molecule has 0 aromatic heterocycles. The molecule has 1 unspecified atom stereocenters. The first kappa shape index (κ1) is 44.0. The van der Waals surface area contributed by atoms with E-state index in [1.807, 2.05) is 56.3 Å². The van der Waals surface area contributed by atoms with Crippen LogP contribution in [-0.2, 0) is 38.1 Å². The van der Waals surface area contributed by atoms with E-state index in [1.165, 1.54) is 14.0 Å². The maximum atomic E-state index is 14.3. The number of nitrogens with one attached hydrogen (secondary N) is 2. The van der Waals surface area contributed by atoms with Gasteiger partial charge in [-0.1, -0.05) is 57.2 Å². The topological polar surface area (TPSA) is 188 Å². The molecule has 2 amide bonds. The number of esters is 1. The molecule has 13 atom stereocenters. The van der Waals surface area contributed by atoms with Gasteiger partial charge in [-0.2, -0.15) is 0 Å². The summed E-state index contributed by atoms with van der Waals surface area (Å²) in [6.07, 6.45) is -5.87. The van der Waals surface area contributed by atoms with Gasteiger partial charge in [0.15, 0.2) is 17.7 Å². The Hall–Kier alpha value is -4.15. The van der Waals surface area contributed by atoms with E-state index in [-0.39, 0.29) is 37.3 Å². The van der Waals surface area contributed by atoms with Crippen LogP contribution in [-0.4, -0.2) is 121 Å². The Morgan fingerprint density at radius 3 is 2.35 bits per heavy atom. The van der Waals surface area contributed by atoms with E-state index in [0.29, 0.717) is 12.2 Å². The van der Waals surface area contributed by atoms with Crippen LogP contribution in [0.2, 0.25) is 0 Å². The normalized spacial score (nSPS) is 36.8. The summed E-state index contributed by atoms with van der Waals surface area (Å²) in [5.74, 6) is -5.26. The maximum absolute atomic E-state index is 14.3. The molecule has 314 valence electrons. The molecule has 57 heavy (non-hydrogen) atoms. The van der Waals surface area contributed by atoms with Gasteiger partial charge in [-0.25, -0.2) is 9.59 Å². The minimum absolute atomic E-state index is 0.0686. The number of fused-ring (bicyclic) bond motifs is 2. The van der Waals surface area contributed by atoms with E-state index in [9.17, 15) is 29.1 Å². The monoisotopic (exact) mass is 797 g/mol. The van der Waals surface area contributed by atoms with Gasteiger partial charge in [0.2, 0.25) is 0 Å². The molecule has 3 fully saturated rings. The van der Waals surface area contributed by atoms with E-state index in [2.05, 4.69) is 10.6 Å². The van der Waals surface area contributed by atoms with Crippen LogP contribution in [0.25, 0.3) is 10.8 Å². The van der Waals surface area contributed by atoms with Gasteiger partial charge in [-0.05, 0) is 66.1 Å². The highest BCUT2D eigenvalue weighted by Crippen LogP contribution is 2.40. The van der Waals surface area contributed by atoms with Crippen LogP contribution >= 0.6 is 0 Å². The van der Waals surface area contributed by atoms with Crippen molar-refractivity contribution in [1.29, 1.82) is 0 Å². The number of rotatable bonds is 8. The number of methoxy groups -OCH3 is 1. The fraction of sp³-hybridized carbons (Fsp3) is 0.643. The Bertz CT molecular complexity index is 1800. The zero-order chi connectivity index (χ0) is 42.0. The Balaban J connectivity index is 1.44. The summed E-state index contributed by atoms with van der Waals surface area (Å²) in [5, 5.41) is 18.5. The molecular weight excluding hydrogens is 738 g/mol. The molecule has 3 heterocycles. The number of aliphatic hydroxyl groups excluding tert-OH is 1. The first-order chi connectivity index (χ1) is 26.8. The van der Waals surface area contributed by atoms with Crippen LogP contribution in [0.15, 0.2) is 42.5 Å². The number of carbonyl (C=O) groups is 5. The highest BCUT2D eigenvalue weighted by atomic mass is 16.7. The smallest absolute Gasteiger partial charge is 0.412 e. The number of amides is 2. The highest BCUT2D eigenvalue weighted by molar-refractivity contribution is 6.00. The standard InChI is InChI=1S/C42H59N3O12/c1-22-21-41(6,52-10)36(56-38-34(48)29(45(8)9)20-23(2)53-38)25(4)33(47)26(5)37(49)55-31(42(7)35(24(3)32(22)46)44-40(51)57-42)18-19-43-39(50)54-30-17-13-15-27-14-11-12-16-28(27)30/h11-17,22-26,29,31,34-36,38,48H,18-21H2,1-10H3,(H,43,50)(H,44,51)/t22-,23-,24+,25+,26-,29+,31-,34-,35?,36-,38+,41-,42-/m1/s1. The largest absolute Gasteiger partial charge is 0.457 e. The first-order valence-electron chi connectivity index (χ1n) is 19.7. The lowest BCUT2D eigenvalue weighted by atomic mass is 9.73. The van der Waals surface area contributed by atoms with Crippen LogP contribution in [0.4, 0.5) is 9.59 Å². The molecule has 2 aromatic carbocycles. The number of hydrogen-bond donors (Lipinski definition) is 3. The van der Waals surface area contributed by atoms with Gasteiger partial charge in [0.1, 0.15) is 29.7 Å². The van der Waals surface area contributed by atoms with Crippen LogP contribution in [0.3, 0.4) is 0 Å². The average molecular weight is 798 g/mol. The summed E-state index contributed by atoms with van der Waals surface area (Å²) in [7, 11) is 5.15. The predicted octanol–water partition coefficient (Wildman–Crippen LogP) is 4.40. The van der Waals surface area contributed by atoms with Crippen molar-refractivity contribution in [2.45, 2.75) is 122 Å². The van der Waals surface area contributed by atoms with E-state index < -0.39 is 89.5 Å². The van der Waals surface area contributed by atoms with Gasteiger partial charge in [0.25, 0.3) is 0 Å². The first-order valence-corrected chi connectivity index (χ1v) is 19.7. The molecule has 0 spiro atoms. The second kappa shape index (κ2) is 17.8. The Morgan fingerprint density at radius 1 is 0.982 bits per heavy atom. The van der Waals surface area contributed by atoms with Crippen molar-refractivity contribution in [3.05, 3.63) is 42.5 Å². The van der Waals surface area contributed by atoms with Crippen molar-refractivity contribution in [2.75, 3.05) is 27.7 Å². The van der Waals surface area contributed by atoms with E-state index in [0.717, 1.165) is 10.8 Å².